The Labute approximate surface area is 164 Å². The number of ether oxygens (including phenoxy) is 1. The van der Waals surface area contributed by atoms with Gasteiger partial charge in [-0.05, 0) is 36.6 Å². The molecule has 3 rings (SSSR count). The highest BCUT2D eigenvalue weighted by Gasteiger charge is 2.52. The van der Waals surface area contributed by atoms with Crippen molar-refractivity contribution >= 4 is 34.9 Å². The molecule has 0 aromatic heterocycles. The molecule has 9 heteroatoms. The van der Waals surface area contributed by atoms with Gasteiger partial charge in [-0.3, -0.25) is 19.7 Å². The molecule has 0 atom stereocenters. The van der Waals surface area contributed by atoms with Gasteiger partial charge in [0.15, 0.2) is 6.61 Å². The summed E-state index contributed by atoms with van der Waals surface area (Å²) in [5, 5.41) is 22.8. The number of nitrogens with zero attached hydrogens (tertiary/aromatic N) is 2. The van der Waals surface area contributed by atoms with E-state index in [1.54, 1.807) is 30.3 Å². The summed E-state index contributed by atoms with van der Waals surface area (Å²) in [5.74, 6) is -1.15. The number of non-ortho nitro benzene ring substituents is 1. The number of rotatable bonds is 6. The highest BCUT2D eigenvalue weighted by atomic mass is 35.5. The zero-order chi connectivity index (χ0) is 20.3. The third-order valence-electron chi connectivity index (χ3n) is 4.48. The van der Waals surface area contributed by atoms with Gasteiger partial charge >= 0.3 is 5.97 Å². The molecule has 0 unspecified atom stereocenters. The fourth-order valence-corrected chi connectivity index (χ4v) is 2.93. The summed E-state index contributed by atoms with van der Waals surface area (Å²) in [7, 11) is 0. The molecule has 1 amide bonds. The molecular formula is C19H14ClN3O5. The lowest BCUT2D eigenvalue weighted by atomic mass is 9.96. The summed E-state index contributed by atoms with van der Waals surface area (Å²) in [5.41, 5.74) is -0.193. The van der Waals surface area contributed by atoms with Gasteiger partial charge in [0.2, 0.25) is 0 Å². The number of benzene rings is 2. The van der Waals surface area contributed by atoms with Crippen molar-refractivity contribution in [2.45, 2.75) is 18.3 Å². The Bertz CT molecular complexity index is 994. The van der Waals surface area contributed by atoms with Gasteiger partial charge in [-0.1, -0.05) is 23.7 Å². The number of carbonyl (C=O) groups is 2. The van der Waals surface area contributed by atoms with Gasteiger partial charge in [-0.25, -0.2) is 0 Å². The number of carbonyl (C=O) groups excluding carboxylic acids is 2. The van der Waals surface area contributed by atoms with Crippen LogP contribution in [0.4, 0.5) is 11.4 Å². The van der Waals surface area contributed by atoms with Crippen LogP contribution in [0.25, 0.3) is 0 Å². The summed E-state index contributed by atoms with van der Waals surface area (Å²) >= 11 is 5.86. The van der Waals surface area contributed by atoms with E-state index in [9.17, 15) is 19.7 Å². The summed E-state index contributed by atoms with van der Waals surface area (Å²) in [6.07, 6.45) is 1.24. The van der Waals surface area contributed by atoms with E-state index in [0.29, 0.717) is 17.9 Å². The van der Waals surface area contributed by atoms with Crippen LogP contribution in [0.3, 0.4) is 0 Å². The topological polar surface area (TPSA) is 122 Å². The number of nitro benzene ring substituents is 1. The summed E-state index contributed by atoms with van der Waals surface area (Å²) in [4.78, 5) is 34.7. The van der Waals surface area contributed by atoms with Crippen LogP contribution >= 0.6 is 11.6 Å². The lowest BCUT2D eigenvalue weighted by molar-refractivity contribution is -0.384. The molecule has 1 aliphatic carbocycles. The molecule has 2 aromatic carbocycles. The van der Waals surface area contributed by atoms with E-state index in [2.05, 4.69) is 5.32 Å². The minimum atomic E-state index is -0.754. The van der Waals surface area contributed by atoms with Crippen molar-refractivity contribution < 1.29 is 19.2 Å². The first-order valence-corrected chi connectivity index (χ1v) is 8.65. The van der Waals surface area contributed by atoms with Gasteiger partial charge in [0.25, 0.3) is 11.6 Å². The number of esters is 1. The molecule has 28 heavy (non-hydrogen) atoms. The number of nitrogens with one attached hydrogen (secondary N) is 1. The minimum Gasteiger partial charge on any atom is -0.455 e. The van der Waals surface area contributed by atoms with Crippen LogP contribution < -0.4 is 5.32 Å². The van der Waals surface area contributed by atoms with Gasteiger partial charge < -0.3 is 10.1 Å². The van der Waals surface area contributed by atoms with Crippen LogP contribution in [0.2, 0.25) is 5.02 Å². The predicted molar refractivity (Wildman–Crippen MR) is 99.8 cm³/mol. The van der Waals surface area contributed by atoms with Crippen molar-refractivity contribution in [2.75, 3.05) is 11.9 Å². The SMILES string of the molecule is N#Cc1cc([N+](=O)[O-])ccc1NC(=O)COC(=O)C1(c2ccc(Cl)cc2)CC1. The molecule has 1 saturated carbocycles. The molecule has 1 N–H and O–H groups in total. The quantitative estimate of drug-likeness (QED) is 0.451. The second-order valence-electron chi connectivity index (χ2n) is 6.31. The molecule has 0 heterocycles. The van der Waals surface area contributed by atoms with Crippen molar-refractivity contribution in [1.82, 2.24) is 0 Å². The second kappa shape index (κ2) is 7.66. The molecule has 2 aromatic rings. The maximum Gasteiger partial charge on any atom is 0.317 e. The first kappa shape index (κ1) is 19.3. The van der Waals surface area contributed by atoms with E-state index in [4.69, 9.17) is 21.6 Å². The van der Waals surface area contributed by atoms with E-state index in [-0.39, 0.29) is 16.9 Å². The fourth-order valence-electron chi connectivity index (χ4n) is 2.81. The first-order chi connectivity index (χ1) is 13.4. The van der Waals surface area contributed by atoms with Crippen LogP contribution in [0.15, 0.2) is 42.5 Å². The Morgan fingerprint density at radius 2 is 1.93 bits per heavy atom. The van der Waals surface area contributed by atoms with E-state index in [1.807, 2.05) is 0 Å². The standard InChI is InChI=1S/C19H14ClN3O5/c20-14-3-1-13(2-4-14)19(7-8-19)18(25)28-11-17(24)22-16-6-5-15(23(26)27)9-12(16)10-21/h1-6,9H,7-8,11H2,(H,22,24). The number of amides is 1. The lowest BCUT2D eigenvalue weighted by Crippen LogP contribution is -2.28. The van der Waals surface area contributed by atoms with Crippen LogP contribution in [-0.2, 0) is 19.7 Å². The molecule has 0 spiro atoms. The van der Waals surface area contributed by atoms with Crippen molar-refractivity contribution in [3.8, 4) is 6.07 Å². The molecule has 1 fully saturated rings. The number of hydrogen-bond acceptors (Lipinski definition) is 6. The first-order valence-electron chi connectivity index (χ1n) is 8.27. The van der Waals surface area contributed by atoms with E-state index < -0.39 is 28.8 Å². The molecule has 0 aliphatic heterocycles. The molecule has 142 valence electrons. The highest BCUT2D eigenvalue weighted by molar-refractivity contribution is 6.30. The van der Waals surface area contributed by atoms with Crippen LogP contribution in [0.5, 0.6) is 0 Å². The number of halogens is 1. The monoisotopic (exact) mass is 399 g/mol. The highest BCUT2D eigenvalue weighted by Crippen LogP contribution is 2.49. The summed E-state index contributed by atoms with van der Waals surface area (Å²) in [6.45, 7) is -0.532. The lowest BCUT2D eigenvalue weighted by Gasteiger charge is -2.15. The number of nitriles is 1. The van der Waals surface area contributed by atoms with E-state index >= 15 is 0 Å². The van der Waals surface area contributed by atoms with Crippen molar-refractivity contribution in [3.63, 3.8) is 0 Å². The number of hydrogen-bond donors (Lipinski definition) is 1. The maximum atomic E-state index is 12.4. The van der Waals surface area contributed by atoms with Gasteiger partial charge in [-0.15, -0.1) is 0 Å². The zero-order valence-electron chi connectivity index (χ0n) is 14.5. The fraction of sp³-hybridized carbons (Fsp3) is 0.211. The van der Waals surface area contributed by atoms with Gasteiger partial charge in [-0.2, -0.15) is 5.26 Å². The number of nitro groups is 1. The Balaban J connectivity index is 1.62. The van der Waals surface area contributed by atoms with Crippen molar-refractivity contribution in [2.24, 2.45) is 0 Å². The van der Waals surface area contributed by atoms with Crippen molar-refractivity contribution in [1.29, 1.82) is 5.26 Å². The number of anilines is 1. The van der Waals surface area contributed by atoms with E-state index in [1.165, 1.54) is 12.1 Å². The second-order valence-corrected chi connectivity index (χ2v) is 6.75. The Kier molecular flexibility index (Phi) is 5.29. The molecule has 0 radical (unpaired) electrons. The zero-order valence-corrected chi connectivity index (χ0v) is 15.2. The molecule has 0 saturated heterocycles. The molecule has 1 aliphatic rings. The summed E-state index contributed by atoms with van der Waals surface area (Å²) in [6, 6.07) is 12.2. The van der Waals surface area contributed by atoms with Gasteiger partial charge in [0.05, 0.1) is 21.6 Å². The van der Waals surface area contributed by atoms with Crippen LogP contribution in [-0.4, -0.2) is 23.4 Å². The van der Waals surface area contributed by atoms with Gasteiger partial charge in [0, 0.05) is 17.2 Å². The molecule has 0 bridgehead atoms. The summed E-state index contributed by atoms with van der Waals surface area (Å²) < 4.78 is 5.15. The Hall–Kier alpha value is -3.44. The average molecular weight is 400 g/mol. The normalized spacial score (nSPS) is 13.9. The van der Waals surface area contributed by atoms with E-state index in [0.717, 1.165) is 11.6 Å². The molecule has 8 nitrogen and oxygen atoms in total. The smallest absolute Gasteiger partial charge is 0.317 e. The average Bonchev–Trinajstić information content (AvgIpc) is 3.48. The molecular weight excluding hydrogens is 386 g/mol. The van der Waals surface area contributed by atoms with Crippen LogP contribution in [0, 0.1) is 21.4 Å². The van der Waals surface area contributed by atoms with Crippen LogP contribution in [0.1, 0.15) is 24.0 Å². The van der Waals surface area contributed by atoms with Gasteiger partial charge in [0.1, 0.15) is 6.07 Å². The maximum absolute atomic E-state index is 12.4. The third-order valence-corrected chi connectivity index (χ3v) is 4.73. The Morgan fingerprint density at radius 3 is 2.50 bits per heavy atom. The minimum absolute atomic E-state index is 0.0614. The third kappa shape index (κ3) is 3.94. The predicted octanol–water partition coefficient (Wildman–Crippen LogP) is 3.33. The Morgan fingerprint density at radius 1 is 1.25 bits per heavy atom. The van der Waals surface area contributed by atoms with Crippen molar-refractivity contribution in [3.05, 3.63) is 68.7 Å². The largest absolute Gasteiger partial charge is 0.455 e.